The Hall–Kier alpha value is -2.46. The first kappa shape index (κ1) is 18.3. The summed E-state index contributed by atoms with van der Waals surface area (Å²) in [7, 11) is 0. The maximum absolute atomic E-state index is 13.6. The van der Waals surface area contributed by atoms with E-state index in [1.165, 1.54) is 31.2 Å². The molecule has 0 radical (unpaired) electrons. The van der Waals surface area contributed by atoms with Crippen LogP contribution in [0.1, 0.15) is 17.8 Å². The van der Waals surface area contributed by atoms with Gasteiger partial charge in [-0.05, 0) is 13.0 Å². The molecule has 138 valence electrons. The van der Waals surface area contributed by atoms with Crippen molar-refractivity contribution in [2.24, 2.45) is 0 Å². The number of hydrogen-bond acceptors (Lipinski definition) is 6. The Balaban J connectivity index is 2.11. The quantitative estimate of drug-likeness (QED) is 0.439. The summed E-state index contributed by atoms with van der Waals surface area (Å²) in [6.45, 7) is 1.35. The normalized spacial score (nSPS) is 19.7. The number of aryl methyl sites for hydroxylation is 1. The molecule has 11 heteroatoms. The van der Waals surface area contributed by atoms with E-state index in [9.17, 15) is 23.3 Å². The zero-order valence-corrected chi connectivity index (χ0v) is 14.0. The highest BCUT2D eigenvalue weighted by atomic mass is 35.5. The smallest absolute Gasteiger partial charge is 0.421 e. The fraction of sp³-hybridized carbons (Fsp3) is 0.333. The van der Waals surface area contributed by atoms with Crippen LogP contribution in [0, 0.1) is 17.0 Å². The number of nitro groups is 1. The van der Waals surface area contributed by atoms with E-state index in [0.717, 1.165) is 0 Å². The Morgan fingerprint density at radius 3 is 2.54 bits per heavy atom. The summed E-state index contributed by atoms with van der Waals surface area (Å²) in [4.78, 5) is 17.8. The Kier molecular flexibility index (Phi) is 4.49. The lowest BCUT2D eigenvalue weighted by molar-refractivity contribution is -0.386. The van der Waals surface area contributed by atoms with Crippen LogP contribution in [0.15, 0.2) is 24.3 Å². The van der Waals surface area contributed by atoms with E-state index in [1.54, 1.807) is 0 Å². The van der Waals surface area contributed by atoms with Crippen molar-refractivity contribution >= 4 is 17.3 Å². The molecule has 2 aromatic rings. The summed E-state index contributed by atoms with van der Waals surface area (Å²) >= 11 is 5.76. The van der Waals surface area contributed by atoms with E-state index in [2.05, 4.69) is 9.97 Å². The number of rotatable bonds is 4. The van der Waals surface area contributed by atoms with Crippen LogP contribution in [0.25, 0.3) is 0 Å². The predicted octanol–water partition coefficient (Wildman–Crippen LogP) is 4.32. The molecule has 0 spiro atoms. The van der Waals surface area contributed by atoms with Gasteiger partial charge in [0.15, 0.2) is 5.60 Å². The van der Waals surface area contributed by atoms with Crippen LogP contribution in [0.4, 0.5) is 18.9 Å². The van der Waals surface area contributed by atoms with E-state index in [-0.39, 0.29) is 30.2 Å². The van der Waals surface area contributed by atoms with Gasteiger partial charge in [-0.1, -0.05) is 29.8 Å². The second-order valence-corrected chi connectivity index (χ2v) is 5.85. The molecular formula is C15H11ClF3N3O4. The standard InChI is InChI=1S/C15H11ClF3N3O4/c1-8-20-12(16)11(22(23)24)13(21-8)26-10-5-3-2-4-9(10)14(6-7-25-14)15(17,18)19/h2-5H,6-7H2,1H3. The summed E-state index contributed by atoms with van der Waals surface area (Å²) in [5, 5.41) is 10.7. The van der Waals surface area contributed by atoms with Crippen molar-refractivity contribution in [2.45, 2.75) is 25.1 Å². The molecule has 0 amide bonds. The van der Waals surface area contributed by atoms with Gasteiger partial charge in [-0.25, -0.2) is 4.98 Å². The lowest BCUT2D eigenvalue weighted by Gasteiger charge is -2.43. The predicted molar refractivity (Wildman–Crippen MR) is 83.3 cm³/mol. The van der Waals surface area contributed by atoms with Crippen molar-refractivity contribution in [3.63, 3.8) is 0 Å². The Morgan fingerprint density at radius 2 is 2.00 bits per heavy atom. The number of benzene rings is 1. The van der Waals surface area contributed by atoms with Crippen molar-refractivity contribution in [2.75, 3.05) is 6.61 Å². The van der Waals surface area contributed by atoms with Gasteiger partial charge in [0.25, 0.3) is 0 Å². The molecule has 1 aliphatic heterocycles. The van der Waals surface area contributed by atoms with Gasteiger partial charge in [-0.2, -0.15) is 18.2 Å². The second kappa shape index (κ2) is 6.36. The molecular weight excluding hydrogens is 379 g/mol. The van der Waals surface area contributed by atoms with Gasteiger partial charge < -0.3 is 9.47 Å². The number of aromatic nitrogens is 2. The Bertz CT molecular complexity index is 872. The first-order chi connectivity index (χ1) is 12.2. The monoisotopic (exact) mass is 389 g/mol. The number of nitrogens with zero attached hydrogens (tertiary/aromatic N) is 3. The summed E-state index contributed by atoms with van der Waals surface area (Å²) in [6, 6.07) is 5.27. The Morgan fingerprint density at radius 1 is 1.35 bits per heavy atom. The minimum absolute atomic E-state index is 0.0631. The van der Waals surface area contributed by atoms with Gasteiger partial charge in [0, 0.05) is 12.0 Å². The third-order valence-corrected chi connectivity index (χ3v) is 4.16. The van der Waals surface area contributed by atoms with Gasteiger partial charge >= 0.3 is 17.7 Å². The van der Waals surface area contributed by atoms with E-state index in [1.807, 2.05) is 0 Å². The molecule has 1 saturated heterocycles. The molecule has 0 aliphatic carbocycles. The second-order valence-electron chi connectivity index (χ2n) is 5.49. The molecule has 1 aliphatic rings. The molecule has 1 fully saturated rings. The highest BCUT2D eigenvalue weighted by Gasteiger charge is 2.62. The fourth-order valence-electron chi connectivity index (χ4n) is 2.62. The van der Waals surface area contributed by atoms with Crippen molar-refractivity contribution < 1.29 is 27.6 Å². The summed E-state index contributed by atoms with van der Waals surface area (Å²) in [5.41, 5.74) is -3.55. The average Bonchev–Trinajstić information content (AvgIpc) is 2.45. The van der Waals surface area contributed by atoms with Gasteiger partial charge in [-0.15, -0.1) is 0 Å². The van der Waals surface area contributed by atoms with Crippen molar-refractivity contribution in [3.8, 4) is 11.6 Å². The summed E-state index contributed by atoms with van der Waals surface area (Å²) in [5.74, 6) is -0.739. The highest BCUT2D eigenvalue weighted by molar-refractivity contribution is 6.31. The van der Waals surface area contributed by atoms with Crippen LogP contribution in [0.2, 0.25) is 5.15 Å². The lowest BCUT2D eigenvalue weighted by atomic mass is 9.85. The molecule has 0 N–H and O–H groups in total. The molecule has 7 nitrogen and oxygen atoms in total. The van der Waals surface area contributed by atoms with Gasteiger partial charge in [-0.3, -0.25) is 10.1 Å². The molecule has 3 rings (SSSR count). The lowest BCUT2D eigenvalue weighted by Crippen LogP contribution is -2.52. The van der Waals surface area contributed by atoms with E-state index < -0.39 is 33.4 Å². The third kappa shape index (κ3) is 2.95. The number of para-hydroxylation sites is 1. The zero-order chi connectivity index (χ0) is 19.1. The number of alkyl halides is 3. The summed E-state index contributed by atoms with van der Waals surface area (Å²) in [6.07, 6.45) is -4.97. The van der Waals surface area contributed by atoms with Gasteiger partial charge in [0.1, 0.15) is 11.6 Å². The summed E-state index contributed by atoms with van der Waals surface area (Å²) < 4.78 is 50.9. The third-order valence-electron chi connectivity index (χ3n) is 3.89. The van der Waals surface area contributed by atoms with Gasteiger partial charge in [0.2, 0.25) is 5.15 Å². The molecule has 0 saturated carbocycles. The molecule has 0 bridgehead atoms. The first-order valence-electron chi connectivity index (χ1n) is 7.32. The minimum atomic E-state index is -4.68. The maximum Gasteiger partial charge on any atom is 0.421 e. The highest BCUT2D eigenvalue weighted by Crippen LogP contribution is 2.53. The van der Waals surface area contributed by atoms with Gasteiger partial charge in [0.05, 0.1) is 11.5 Å². The topological polar surface area (TPSA) is 87.4 Å². The number of halogens is 4. The van der Waals surface area contributed by atoms with Crippen LogP contribution >= 0.6 is 11.6 Å². The van der Waals surface area contributed by atoms with Crippen LogP contribution in [0.3, 0.4) is 0 Å². The Labute approximate surface area is 149 Å². The van der Waals surface area contributed by atoms with E-state index >= 15 is 0 Å². The minimum Gasteiger partial charge on any atom is -0.433 e. The van der Waals surface area contributed by atoms with E-state index in [0.29, 0.717) is 0 Å². The van der Waals surface area contributed by atoms with Crippen molar-refractivity contribution in [1.29, 1.82) is 0 Å². The van der Waals surface area contributed by atoms with Crippen LogP contribution < -0.4 is 4.74 Å². The average molecular weight is 390 g/mol. The largest absolute Gasteiger partial charge is 0.433 e. The first-order valence-corrected chi connectivity index (χ1v) is 7.70. The number of ether oxygens (including phenoxy) is 2. The maximum atomic E-state index is 13.6. The van der Waals surface area contributed by atoms with Crippen LogP contribution in [-0.2, 0) is 10.3 Å². The van der Waals surface area contributed by atoms with Crippen LogP contribution in [-0.4, -0.2) is 27.7 Å². The molecule has 1 unspecified atom stereocenters. The molecule has 1 aromatic carbocycles. The molecule has 26 heavy (non-hydrogen) atoms. The number of hydrogen-bond donors (Lipinski definition) is 0. The SMILES string of the molecule is Cc1nc(Cl)c([N+](=O)[O-])c(Oc2ccccc2C2(C(F)(F)F)CCO2)n1. The van der Waals surface area contributed by atoms with E-state index in [4.69, 9.17) is 21.1 Å². The van der Waals surface area contributed by atoms with Crippen molar-refractivity contribution in [3.05, 3.63) is 50.9 Å². The fourth-order valence-corrected chi connectivity index (χ4v) is 2.89. The molecule has 1 atom stereocenters. The van der Waals surface area contributed by atoms with Crippen LogP contribution in [0.5, 0.6) is 11.6 Å². The zero-order valence-electron chi connectivity index (χ0n) is 13.2. The molecule has 2 heterocycles. The van der Waals surface area contributed by atoms with Crippen molar-refractivity contribution in [1.82, 2.24) is 9.97 Å². The molecule has 1 aromatic heterocycles.